The van der Waals surface area contributed by atoms with E-state index < -0.39 is 0 Å². The van der Waals surface area contributed by atoms with Crippen molar-refractivity contribution in [3.8, 4) is 0 Å². The first-order chi connectivity index (χ1) is 11.8. The number of rotatable bonds is 5. The minimum atomic E-state index is 0.222. The van der Waals surface area contributed by atoms with Crippen molar-refractivity contribution in [3.63, 3.8) is 0 Å². The molecule has 0 spiro atoms. The molecule has 0 radical (unpaired) electrons. The van der Waals surface area contributed by atoms with Crippen molar-refractivity contribution in [3.05, 3.63) is 30.6 Å². The van der Waals surface area contributed by atoms with E-state index in [4.69, 9.17) is 10.5 Å². The molecule has 1 atom stereocenters. The van der Waals surface area contributed by atoms with Crippen LogP contribution in [0.15, 0.2) is 30.6 Å². The predicted octanol–water partition coefficient (Wildman–Crippen LogP) is 3.00. The first-order valence-corrected chi connectivity index (χ1v) is 8.70. The van der Waals surface area contributed by atoms with Crippen molar-refractivity contribution in [2.45, 2.75) is 18.9 Å². The minimum absolute atomic E-state index is 0.222. The van der Waals surface area contributed by atoms with E-state index in [1.54, 1.807) is 11.3 Å². The molecule has 1 aromatic carbocycles. The number of aromatic nitrogens is 3. The Labute approximate surface area is 143 Å². The molecule has 1 unspecified atom stereocenters. The first-order valence-electron chi connectivity index (χ1n) is 7.88. The van der Waals surface area contributed by atoms with E-state index in [1.807, 2.05) is 24.3 Å². The average molecular weight is 342 g/mol. The lowest BCUT2D eigenvalue weighted by atomic mass is 10.2. The van der Waals surface area contributed by atoms with E-state index in [1.165, 1.54) is 6.33 Å². The number of nitrogens with two attached hydrogens (primary N) is 1. The number of nitrogens with one attached hydrogen (secondary N) is 2. The standard InChI is InChI=1S/C16H18N6OS/c17-13-14(18-8-10-4-3-7-23-10)19-9-20-15(13)22-16-21-11-5-1-2-6-12(11)24-16/h1-2,5-6,9-10H,3-4,7-8,17H2,(H2,18,19,20,21,22). The summed E-state index contributed by atoms with van der Waals surface area (Å²) in [6.07, 6.45) is 3.88. The summed E-state index contributed by atoms with van der Waals surface area (Å²) >= 11 is 1.56. The van der Waals surface area contributed by atoms with Gasteiger partial charge in [-0.2, -0.15) is 0 Å². The zero-order valence-corrected chi connectivity index (χ0v) is 13.8. The summed E-state index contributed by atoms with van der Waals surface area (Å²) in [4.78, 5) is 13.0. The number of fused-ring (bicyclic) bond motifs is 1. The zero-order chi connectivity index (χ0) is 16.4. The Morgan fingerprint density at radius 3 is 2.96 bits per heavy atom. The van der Waals surface area contributed by atoms with Crippen molar-refractivity contribution in [2.75, 3.05) is 29.5 Å². The molecule has 24 heavy (non-hydrogen) atoms. The van der Waals surface area contributed by atoms with Gasteiger partial charge < -0.3 is 21.1 Å². The van der Waals surface area contributed by atoms with Crippen LogP contribution in [0.3, 0.4) is 0 Å². The van der Waals surface area contributed by atoms with Crippen LogP contribution in [0, 0.1) is 0 Å². The van der Waals surface area contributed by atoms with Gasteiger partial charge in [-0.3, -0.25) is 0 Å². The third-order valence-corrected chi connectivity index (χ3v) is 4.88. The van der Waals surface area contributed by atoms with Crippen LogP contribution in [0.25, 0.3) is 10.2 Å². The van der Waals surface area contributed by atoms with E-state index in [0.29, 0.717) is 23.9 Å². The fraction of sp³-hybridized carbons (Fsp3) is 0.312. The van der Waals surface area contributed by atoms with Crippen LogP contribution in [0.1, 0.15) is 12.8 Å². The molecule has 0 amide bonds. The molecule has 1 aliphatic heterocycles. The van der Waals surface area contributed by atoms with Gasteiger partial charge in [-0.15, -0.1) is 0 Å². The van der Waals surface area contributed by atoms with Crippen LogP contribution >= 0.6 is 11.3 Å². The first kappa shape index (κ1) is 15.1. The Hall–Kier alpha value is -2.45. The Balaban J connectivity index is 1.51. The summed E-state index contributed by atoms with van der Waals surface area (Å²) in [7, 11) is 0. The van der Waals surface area contributed by atoms with Gasteiger partial charge in [-0.1, -0.05) is 23.5 Å². The van der Waals surface area contributed by atoms with Crippen molar-refractivity contribution < 1.29 is 4.74 Å². The van der Waals surface area contributed by atoms with Crippen molar-refractivity contribution in [1.82, 2.24) is 15.0 Å². The minimum Gasteiger partial charge on any atom is -0.393 e. The molecule has 3 heterocycles. The highest BCUT2D eigenvalue weighted by atomic mass is 32.1. The van der Waals surface area contributed by atoms with Crippen molar-refractivity contribution in [2.24, 2.45) is 0 Å². The van der Waals surface area contributed by atoms with E-state index in [0.717, 1.165) is 34.8 Å². The lowest BCUT2D eigenvalue weighted by Crippen LogP contribution is -2.20. The highest BCUT2D eigenvalue weighted by Gasteiger charge is 2.17. The van der Waals surface area contributed by atoms with Gasteiger partial charge in [0.1, 0.15) is 12.0 Å². The van der Waals surface area contributed by atoms with Gasteiger partial charge in [0.05, 0.1) is 16.3 Å². The summed E-state index contributed by atoms with van der Waals surface area (Å²) in [6.45, 7) is 1.53. The molecule has 1 aliphatic rings. The molecule has 7 nitrogen and oxygen atoms in total. The number of nitrogens with zero attached hydrogens (tertiary/aromatic N) is 3. The molecule has 1 fully saturated rings. The Morgan fingerprint density at radius 2 is 2.12 bits per heavy atom. The third-order valence-electron chi connectivity index (χ3n) is 3.92. The number of para-hydroxylation sites is 1. The molecule has 1 saturated heterocycles. The number of hydrogen-bond acceptors (Lipinski definition) is 8. The van der Waals surface area contributed by atoms with E-state index in [2.05, 4.69) is 25.6 Å². The van der Waals surface area contributed by atoms with Gasteiger partial charge in [-0.25, -0.2) is 15.0 Å². The molecule has 0 aliphatic carbocycles. The van der Waals surface area contributed by atoms with E-state index in [-0.39, 0.29) is 6.10 Å². The summed E-state index contributed by atoms with van der Waals surface area (Å²) < 4.78 is 6.72. The number of thiazole rings is 1. The van der Waals surface area contributed by atoms with Crippen LogP contribution in [-0.2, 0) is 4.74 Å². The Morgan fingerprint density at radius 1 is 1.25 bits per heavy atom. The number of anilines is 4. The Bertz CT molecular complexity index is 812. The molecule has 3 aromatic rings. The monoisotopic (exact) mass is 342 g/mol. The maximum Gasteiger partial charge on any atom is 0.189 e. The topological polar surface area (TPSA) is 98.0 Å². The number of benzene rings is 1. The van der Waals surface area contributed by atoms with Crippen LogP contribution in [0.4, 0.5) is 22.5 Å². The highest BCUT2D eigenvalue weighted by Crippen LogP contribution is 2.31. The summed E-state index contributed by atoms with van der Waals surface area (Å²) in [5.41, 5.74) is 7.63. The highest BCUT2D eigenvalue weighted by molar-refractivity contribution is 7.22. The van der Waals surface area contributed by atoms with Gasteiger partial charge in [0.15, 0.2) is 16.8 Å². The van der Waals surface area contributed by atoms with Crippen molar-refractivity contribution in [1.29, 1.82) is 0 Å². The molecule has 0 saturated carbocycles. The fourth-order valence-corrected chi connectivity index (χ4v) is 3.54. The van der Waals surface area contributed by atoms with Crippen LogP contribution < -0.4 is 16.4 Å². The molecule has 4 N–H and O–H groups in total. The van der Waals surface area contributed by atoms with Crippen LogP contribution in [0.2, 0.25) is 0 Å². The van der Waals surface area contributed by atoms with E-state index in [9.17, 15) is 0 Å². The molecule has 8 heteroatoms. The second kappa shape index (κ2) is 6.58. The summed E-state index contributed by atoms with van der Waals surface area (Å²) in [5.74, 6) is 1.17. The van der Waals surface area contributed by atoms with Crippen LogP contribution in [0.5, 0.6) is 0 Å². The van der Waals surface area contributed by atoms with Crippen molar-refractivity contribution >= 4 is 44.0 Å². The maximum atomic E-state index is 6.20. The van der Waals surface area contributed by atoms with E-state index >= 15 is 0 Å². The molecular weight excluding hydrogens is 324 g/mol. The van der Waals surface area contributed by atoms with Gasteiger partial charge in [0, 0.05) is 13.2 Å². The van der Waals surface area contributed by atoms with Gasteiger partial charge in [-0.05, 0) is 25.0 Å². The third kappa shape index (κ3) is 3.10. The zero-order valence-electron chi connectivity index (χ0n) is 13.0. The van der Waals surface area contributed by atoms with Gasteiger partial charge >= 0.3 is 0 Å². The van der Waals surface area contributed by atoms with Gasteiger partial charge in [0.25, 0.3) is 0 Å². The lowest BCUT2D eigenvalue weighted by Gasteiger charge is -2.14. The fourth-order valence-electron chi connectivity index (χ4n) is 2.68. The lowest BCUT2D eigenvalue weighted by molar-refractivity contribution is 0.120. The smallest absolute Gasteiger partial charge is 0.189 e. The molecule has 0 bridgehead atoms. The molecule has 4 rings (SSSR count). The largest absolute Gasteiger partial charge is 0.393 e. The number of nitrogen functional groups attached to an aromatic ring is 1. The average Bonchev–Trinajstić information content (AvgIpc) is 3.24. The maximum absolute atomic E-state index is 6.20. The molecular formula is C16H18N6OS. The van der Waals surface area contributed by atoms with Gasteiger partial charge in [0.2, 0.25) is 0 Å². The molecule has 124 valence electrons. The Kier molecular flexibility index (Phi) is 4.14. The van der Waals surface area contributed by atoms with Crippen LogP contribution in [-0.4, -0.2) is 34.2 Å². The SMILES string of the molecule is Nc1c(NCC2CCCO2)ncnc1Nc1nc2ccccc2s1. The number of hydrogen-bond donors (Lipinski definition) is 3. The quantitative estimate of drug-likeness (QED) is 0.655. The summed E-state index contributed by atoms with van der Waals surface area (Å²) in [5, 5.41) is 7.20. The number of ether oxygens (including phenoxy) is 1. The second-order valence-corrected chi connectivity index (χ2v) is 6.64. The predicted molar refractivity (Wildman–Crippen MR) is 96.8 cm³/mol. The molecule has 2 aromatic heterocycles. The summed E-state index contributed by atoms with van der Waals surface area (Å²) in [6, 6.07) is 7.99. The normalized spacial score (nSPS) is 17.2. The second-order valence-electron chi connectivity index (χ2n) is 5.61.